The van der Waals surface area contributed by atoms with Gasteiger partial charge in [-0.25, -0.2) is 0 Å². The summed E-state index contributed by atoms with van der Waals surface area (Å²) in [6, 6.07) is 23.4. The Bertz CT molecular complexity index is 1210. The molecule has 0 saturated heterocycles. The Balaban J connectivity index is 1.75. The van der Waals surface area contributed by atoms with Gasteiger partial charge in [0, 0.05) is 11.1 Å². The highest BCUT2D eigenvalue weighted by Gasteiger charge is 2.36. The van der Waals surface area contributed by atoms with Crippen LogP contribution in [0.25, 0.3) is 0 Å². The number of nitrogens with zero attached hydrogens (tertiary/aromatic N) is 2. The fraction of sp³-hybridized carbons (Fsp3) is 0.250. The van der Waals surface area contributed by atoms with E-state index in [4.69, 9.17) is 9.73 Å². The maximum atomic E-state index is 13.6. The second-order valence-electron chi connectivity index (χ2n) is 8.09. The number of rotatable bonds is 7. The highest BCUT2D eigenvalue weighted by molar-refractivity contribution is 6.21. The highest BCUT2D eigenvalue weighted by Crippen LogP contribution is 2.32. The summed E-state index contributed by atoms with van der Waals surface area (Å²) in [6.07, 6.45) is 0.441. The number of ether oxygens (including phenoxy) is 1. The number of carbonyl (C=O) groups excluding carboxylic acids is 2. The lowest BCUT2D eigenvalue weighted by atomic mass is 9.99. The van der Waals surface area contributed by atoms with Crippen molar-refractivity contribution in [3.05, 3.63) is 90.0 Å². The molecule has 1 heterocycles. The van der Waals surface area contributed by atoms with E-state index >= 15 is 0 Å². The fourth-order valence-corrected chi connectivity index (χ4v) is 4.22. The quantitative estimate of drug-likeness (QED) is 0.540. The van der Waals surface area contributed by atoms with E-state index in [1.54, 1.807) is 17.9 Å². The first-order chi connectivity index (χ1) is 16.5. The zero-order valence-electron chi connectivity index (χ0n) is 19.7. The maximum absolute atomic E-state index is 13.6. The van der Waals surface area contributed by atoms with Crippen LogP contribution in [0.5, 0.6) is 5.75 Å². The van der Waals surface area contributed by atoms with Gasteiger partial charge in [0.2, 0.25) is 5.91 Å². The molecule has 1 N–H and O–H groups in total. The molecule has 2 unspecified atom stereocenters. The topological polar surface area (TPSA) is 71.0 Å². The average molecular weight is 456 g/mol. The number of para-hydroxylation sites is 3. The zero-order chi connectivity index (χ0) is 24.1. The van der Waals surface area contributed by atoms with E-state index in [9.17, 15) is 9.59 Å². The smallest absolute Gasteiger partial charge is 0.252 e. The third-order valence-corrected chi connectivity index (χ3v) is 5.83. The van der Waals surface area contributed by atoms with Crippen molar-refractivity contribution in [2.24, 2.45) is 4.99 Å². The molecule has 0 aliphatic carbocycles. The van der Waals surface area contributed by atoms with Gasteiger partial charge < -0.3 is 10.1 Å². The SMILES string of the molecule is CCOc1ccccc1NC(=O)C(CC)N1C(=O)C(C)N=C(c2ccccc2)c2ccccc21. The normalized spacial score (nSPS) is 16.2. The van der Waals surface area contributed by atoms with Gasteiger partial charge in [-0.3, -0.25) is 19.5 Å². The summed E-state index contributed by atoms with van der Waals surface area (Å²) in [6.45, 7) is 6.06. The molecule has 0 radical (unpaired) electrons. The van der Waals surface area contributed by atoms with Crippen LogP contribution in [0.2, 0.25) is 0 Å². The van der Waals surface area contributed by atoms with Crippen LogP contribution < -0.4 is 15.0 Å². The van der Waals surface area contributed by atoms with Crippen LogP contribution in [0.1, 0.15) is 38.3 Å². The van der Waals surface area contributed by atoms with Crippen molar-refractivity contribution in [2.45, 2.75) is 39.3 Å². The van der Waals surface area contributed by atoms with Crippen LogP contribution in [-0.2, 0) is 9.59 Å². The van der Waals surface area contributed by atoms with E-state index in [1.165, 1.54) is 0 Å². The van der Waals surface area contributed by atoms with Crippen LogP contribution >= 0.6 is 0 Å². The largest absolute Gasteiger partial charge is 0.492 e. The number of benzene rings is 3. The predicted octanol–water partition coefficient (Wildman–Crippen LogP) is 5.08. The third-order valence-electron chi connectivity index (χ3n) is 5.83. The summed E-state index contributed by atoms with van der Waals surface area (Å²) in [5.41, 5.74) is 3.76. The van der Waals surface area contributed by atoms with Crippen molar-refractivity contribution in [1.82, 2.24) is 0 Å². The fourth-order valence-electron chi connectivity index (χ4n) is 4.22. The Morgan fingerprint density at radius 1 is 1.00 bits per heavy atom. The van der Waals surface area contributed by atoms with Gasteiger partial charge in [0.25, 0.3) is 5.91 Å². The molecular formula is C28H29N3O3. The molecule has 2 amide bonds. The molecule has 0 saturated carbocycles. The van der Waals surface area contributed by atoms with Crippen molar-refractivity contribution in [3.63, 3.8) is 0 Å². The van der Waals surface area contributed by atoms with Crippen molar-refractivity contribution >= 4 is 28.9 Å². The minimum Gasteiger partial charge on any atom is -0.492 e. The van der Waals surface area contributed by atoms with E-state index in [1.807, 2.05) is 86.6 Å². The second kappa shape index (κ2) is 10.3. The summed E-state index contributed by atoms with van der Waals surface area (Å²) in [5, 5.41) is 2.98. The third kappa shape index (κ3) is 4.57. The van der Waals surface area contributed by atoms with Crippen molar-refractivity contribution < 1.29 is 14.3 Å². The van der Waals surface area contributed by atoms with Gasteiger partial charge in [0.05, 0.1) is 23.7 Å². The Hall–Kier alpha value is -3.93. The monoisotopic (exact) mass is 455 g/mol. The number of nitrogens with one attached hydrogen (secondary N) is 1. The molecule has 3 aromatic carbocycles. The van der Waals surface area contributed by atoms with Crippen molar-refractivity contribution in [2.75, 3.05) is 16.8 Å². The molecule has 0 aromatic heterocycles. The van der Waals surface area contributed by atoms with E-state index in [-0.39, 0.29) is 11.8 Å². The minimum atomic E-state index is -0.712. The summed E-state index contributed by atoms with van der Waals surface area (Å²) in [4.78, 5) is 33.6. The molecule has 6 heteroatoms. The minimum absolute atomic E-state index is 0.210. The lowest BCUT2D eigenvalue weighted by Crippen LogP contribution is -2.50. The molecule has 1 aliphatic heterocycles. The highest BCUT2D eigenvalue weighted by atomic mass is 16.5. The van der Waals surface area contributed by atoms with Crippen molar-refractivity contribution in [1.29, 1.82) is 0 Å². The van der Waals surface area contributed by atoms with E-state index in [0.717, 1.165) is 16.8 Å². The van der Waals surface area contributed by atoms with E-state index in [2.05, 4.69) is 5.32 Å². The average Bonchev–Trinajstić information content (AvgIpc) is 2.97. The number of benzodiazepines with no additional fused rings is 1. The molecule has 4 rings (SSSR count). The first-order valence-corrected chi connectivity index (χ1v) is 11.6. The first-order valence-electron chi connectivity index (χ1n) is 11.6. The Morgan fingerprint density at radius 3 is 2.41 bits per heavy atom. The van der Waals surface area contributed by atoms with Gasteiger partial charge >= 0.3 is 0 Å². The number of fused-ring (bicyclic) bond motifs is 1. The molecule has 34 heavy (non-hydrogen) atoms. The van der Waals surface area contributed by atoms with Crippen LogP contribution in [-0.4, -0.2) is 36.2 Å². The Labute approximate surface area is 200 Å². The molecular weight excluding hydrogens is 426 g/mol. The number of hydrogen-bond acceptors (Lipinski definition) is 4. The van der Waals surface area contributed by atoms with Gasteiger partial charge in [0.15, 0.2) is 0 Å². The summed E-state index contributed by atoms with van der Waals surface area (Å²) in [7, 11) is 0. The summed E-state index contributed by atoms with van der Waals surface area (Å²) >= 11 is 0. The molecule has 1 aliphatic rings. The van der Waals surface area contributed by atoms with E-state index < -0.39 is 12.1 Å². The van der Waals surface area contributed by atoms with Crippen LogP contribution in [0.3, 0.4) is 0 Å². The lowest BCUT2D eigenvalue weighted by Gasteiger charge is -2.31. The van der Waals surface area contributed by atoms with Crippen LogP contribution in [0.15, 0.2) is 83.9 Å². The Kier molecular flexibility index (Phi) is 7.07. The molecule has 0 fully saturated rings. The summed E-state index contributed by atoms with van der Waals surface area (Å²) < 4.78 is 5.66. The first kappa shape index (κ1) is 23.2. The van der Waals surface area contributed by atoms with Gasteiger partial charge in [0.1, 0.15) is 17.8 Å². The van der Waals surface area contributed by atoms with Gasteiger partial charge in [-0.2, -0.15) is 0 Å². The van der Waals surface area contributed by atoms with E-state index in [0.29, 0.717) is 30.2 Å². The molecule has 0 bridgehead atoms. The predicted molar refractivity (Wildman–Crippen MR) is 136 cm³/mol. The second-order valence-corrected chi connectivity index (χ2v) is 8.09. The van der Waals surface area contributed by atoms with Gasteiger partial charge in [-0.15, -0.1) is 0 Å². The van der Waals surface area contributed by atoms with Crippen molar-refractivity contribution in [3.8, 4) is 5.75 Å². The zero-order valence-corrected chi connectivity index (χ0v) is 19.7. The molecule has 0 spiro atoms. The lowest BCUT2D eigenvalue weighted by molar-refractivity contribution is -0.124. The van der Waals surface area contributed by atoms with Crippen LogP contribution in [0.4, 0.5) is 11.4 Å². The van der Waals surface area contributed by atoms with Gasteiger partial charge in [-0.05, 0) is 38.5 Å². The Morgan fingerprint density at radius 2 is 1.68 bits per heavy atom. The number of carbonyl (C=O) groups is 2. The van der Waals surface area contributed by atoms with Gasteiger partial charge in [-0.1, -0.05) is 67.6 Å². The number of anilines is 2. The number of amides is 2. The number of aliphatic imine (C=N–C) groups is 1. The maximum Gasteiger partial charge on any atom is 0.252 e. The molecule has 3 aromatic rings. The molecule has 6 nitrogen and oxygen atoms in total. The number of hydrogen-bond donors (Lipinski definition) is 1. The standard InChI is InChI=1S/C28H29N3O3/c1-4-23(27(32)30-22-16-10-12-18-25(22)34-5-2)31-24-17-11-9-15-21(24)26(29-19(3)28(31)33)20-13-7-6-8-14-20/h6-19,23H,4-5H2,1-3H3,(H,30,32). The van der Waals surface area contributed by atoms with Crippen LogP contribution in [0, 0.1) is 0 Å². The summed E-state index contributed by atoms with van der Waals surface area (Å²) in [5.74, 6) is 0.116. The molecule has 174 valence electrons. The molecule has 2 atom stereocenters.